The first-order chi connectivity index (χ1) is 29.3. The van der Waals surface area contributed by atoms with E-state index in [0.29, 0.717) is 0 Å². The van der Waals surface area contributed by atoms with E-state index in [-0.39, 0.29) is 45.9 Å². The molecule has 0 amide bonds. The molecule has 10 heteroatoms. The Morgan fingerprint density at radius 2 is 1.06 bits per heavy atom. The highest BCUT2D eigenvalue weighted by Crippen LogP contribution is 2.62. The second kappa shape index (κ2) is 12.2. The molecule has 0 saturated carbocycles. The molecule has 0 N–H and O–H groups in total. The third-order valence-electron chi connectivity index (χ3n) is 16.7. The average Bonchev–Trinajstić information content (AvgIpc) is 3.77. The summed E-state index contributed by atoms with van der Waals surface area (Å²) in [5, 5.41) is 4.86. The van der Waals surface area contributed by atoms with Crippen LogP contribution in [0.5, 0.6) is 0 Å². The molecule has 4 aromatic carbocycles. The van der Waals surface area contributed by atoms with Gasteiger partial charge in [-0.3, -0.25) is 0 Å². The molecule has 0 atom stereocenters. The van der Waals surface area contributed by atoms with E-state index in [2.05, 4.69) is 185 Å². The molecule has 1 aliphatic carbocycles. The number of hydrogen-bond donors (Lipinski definition) is 0. The number of hydrogen-bond acceptors (Lipinski definition) is 5. The van der Waals surface area contributed by atoms with E-state index in [1.807, 2.05) is 0 Å². The van der Waals surface area contributed by atoms with Crippen LogP contribution >= 0.6 is 0 Å². The van der Waals surface area contributed by atoms with Gasteiger partial charge >= 0.3 is 0 Å². The van der Waals surface area contributed by atoms with Crippen molar-refractivity contribution in [3.05, 3.63) is 89.5 Å². The first-order valence-electron chi connectivity index (χ1n) is 23.1. The smallest absolute Gasteiger partial charge is 0.254 e. The summed E-state index contributed by atoms with van der Waals surface area (Å²) in [4.78, 5) is 20.7. The number of furan rings is 1. The summed E-state index contributed by atoms with van der Waals surface area (Å²) in [7, 11) is 4.78. The monoisotopic (exact) mass is 826 g/mol. The minimum absolute atomic E-state index is 0.0552. The van der Waals surface area contributed by atoms with E-state index in [0.717, 1.165) is 44.5 Å². The summed E-state index contributed by atoms with van der Waals surface area (Å²) in [6.45, 7) is 35.0. The van der Waals surface area contributed by atoms with Crippen LogP contribution in [0.3, 0.4) is 0 Å². The molecule has 4 aromatic heterocycles. The Morgan fingerprint density at radius 3 is 1.59 bits per heavy atom. The van der Waals surface area contributed by atoms with Gasteiger partial charge in [-0.2, -0.15) is 0 Å². The number of rotatable bonds is 2. The van der Waals surface area contributed by atoms with Crippen LogP contribution in [0.4, 0.5) is 0 Å². The summed E-state index contributed by atoms with van der Waals surface area (Å²) >= 11 is 0. The zero-order valence-corrected chi connectivity index (χ0v) is 40.6. The average molecular weight is 825 g/mol. The normalized spacial score (nSPS) is 17.3. The number of para-hydroxylation sites is 1. The van der Waals surface area contributed by atoms with Gasteiger partial charge in [0.1, 0.15) is 38.5 Å². The second-order valence-corrected chi connectivity index (χ2v) is 24.1. The van der Waals surface area contributed by atoms with E-state index in [4.69, 9.17) is 24.4 Å². The first-order valence-corrected chi connectivity index (χ1v) is 23.1. The molecule has 63 heavy (non-hydrogen) atoms. The molecule has 0 saturated heterocycles. The SMILES string of the molecule is Bc1c2c3c(c(B)c1C(C)(C)C)B(c1cnc(C(C)(C)C)nc1)c1c4oc5ccccc5c4cc4c5cc6c(c(c5n-3c14)B2c1cnc(C(C)(C)C)nc1)C(C)(C)C(C)(C)C6(C)C. The van der Waals surface area contributed by atoms with E-state index in [1.165, 1.54) is 77.0 Å². The summed E-state index contributed by atoms with van der Waals surface area (Å²) in [6, 6.07) is 13.6. The van der Waals surface area contributed by atoms with Crippen LogP contribution in [-0.4, -0.2) is 53.6 Å². The maximum Gasteiger partial charge on any atom is 0.254 e. The lowest BCUT2D eigenvalue weighted by molar-refractivity contribution is 0.125. The fourth-order valence-corrected chi connectivity index (χ4v) is 12.8. The second-order valence-electron chi connectivity index (χ2n) is 24.1. The van der Waals surface area contributed by atoms with Gasteiger partial charge in [-0.15, -0.1) is 0 Å². The van der Waals surface area contributed by atoms with Crippen molar-refractivity contribution in [1.82, 2.24) is 24.5 Å². The van der Waals surface area contributed by atoms with Gasteiger partial charge in [0.25, 0.3) is 6.71 Å². The Kier molecular flexibility index (Phi) is 7.85. The number of aromatic nitrogens is 5. The number of fused-ring (bicyclic) bond motifs is 7. The van der Waals surface area contributed by atoms with Crippen molar-refractivity contribution in [3.8, 4) is 5.69 Å². The number of nitrogens with zero attached hydrogens (tertiary/aromatic N) is 5. The molecule has 0 bridgehead atoms. The van der Waals surface area contributed by atoms with Gasteiger partial charge < -0.3 is 8.98 Å². The summed E-state index contributed by atoms with van der Waals surface area (Å²) in [5.74, 6) is 1.70. The lowest BCUT2D eigenvalue weighted by atomic mass is 9.28. The molecule has 11 rings (SSSR count). The Labute approximate surface area is 375 Å². The highest BCUT2D eigenvalue weighted by Gasteiger charge is 2.60. The molecule has 6 heterocycles. The molecular formula is C53H59B4N5O. The maximum absolute atomic E-state index is 7.15. The van der Waals surface area contributed by atoms with Crippen molar-refractivity contribution in [2.24, 2.45) is 5.41 Å². The third kappa shape index (κ3) is 4.96. The van der Waals surface area contributed by atoms with Gasteiger partial charge in [0, 0.05) is 68.4 Å². The minimum Gasteiger partial charge on any atom is -0.457 e. The van der Waals surface area contributed by atoms with E-state index in [9.17, 15) is 0 Å². The lowest BCUT2D eigenvalue weighted by Gasteiger charge is -2.45. The Bertz CT molecular complexity index is 3330. The predicted molar refractivity (Wildman–Crippen MR) is 274 cm³/mol. The fraction of sp³-hybridized carbons (Fsp3) is 0.396. The topological polar surface area (TPSA) is 69.6 Å². The Morgan fingerprint density at radius 1 is 0.571 bits per heavy atom. The van der Waals surface area contributed by atoms with Crippen molar-refractivity contribution < 1.29 is 4.42 Å². The van der Waals surface area contributed by atoms with Gasteiger partial charge in [0.15, 0.2) is 0 Å². The largest absolute Gasteiger partial charge is 0.457 e. The predicted octanol–water partition coefficient (Wildman–Crippen LogP) is 4.93. The van der Waals surface area contributed by atoms with Crippen molar-refractivity contribution in [3.63, 3.8) is 0 Å². The zero-order valence-electron chi connectivity index (χ0n) is 40.6. The molecule has 0 radical (unpaired) electrons. The van der Waals surface area contributed by atoms with Crippen molar-refractivity contribution in [1.29, 1.82) is 0 Å². The lowest BCUT2D eigenvalue weighted by Crippen LogP contribution is -2.71. The van der Waals surface area contributed by atoms with Gasteiger partial charge in [-0.1, -0.05) is 149 Å². The van der Waals surface area contributed by atoms with E-state index in [1.54, 1.807) is 0 Å². The fourth-order valence-electron chi connectivity index (χ4n) is 12.8. The van der Waals surface area contributed by atoms with Crippen molar-refractivity contribution in [2.45, 2.75) is 131 Å². The quantitative estimate of drug-likeness (QED) is 0.232. The van der Waals surface area contributed by atoms with Crippen molar-refractivity contribution >= 4 is 117 Å². The maximum atomic E-state index is 7.15. The van der Waals surface area contributed by atoms with Crippen LogP contribution in [-0.2, 0) is 27.1 Å². The van der Waals surface area contributed by atoms with Gasteiger partial charge in [-0.25, -0.2) is 19.9 Å². The summed E-state index contributed by atoms with van der Waals surface area (Å²) in [5.41, 5.74) is 19.3. The zero-order chi connectivity index (χ0) is 45.0. The molecule has 3 aliphatic rings. The molecule has 0 spiro atoms. The molecule has 2 aliphatic heterocycles. The first kappa shape index (κ1) is 40.7. The molecule has 314 valence electrons. The van der Waals surface area contributed by atoms with Crippen LogP contribution in [0.1, 0.15) is 132 Å². The third-order valence-corrected chi connectivity index (χ3v) is 16.7. The standard InChI is InChI=1S/C53H59B4N5O/c1-48(2,3)35-36(54)39-44-40(37(35)55)57(27-24-60-47(61-25-27)50(7,8)9)41-43-29(20-31-28-18-16-17-19-33(28)63-45(31)41)30-21-32-34(52(12,13)53(14,15)51(32,10)11)38(42(30)62(43)44)56(39)26-22-58-46(59-23-26)49(4,5)6/h16-25H,54-55H2,1-15H3. The van der Waals surface area contributed by atoms with Crippen LogP contribution in [0.15, 0.2) is 65.6 Å². The van der Waals surface area contributed by atoms with Crippen LogP contribution in [0.25, 0.3) is 49.4 Å². The highest BCUT2D eigenvalue weighted by molar-refractivity contribution is 7.05. The summed E-state index contributed by atoms with van der Waals surface area (Å²) in [6.07, 6.45) is 8.54. The van der Waals surface area contributed by atoms with Gasteiger partial charge in [0.2, 0.25) is 6.71 Å². The molecular weight excluding hydrogens is 766 g/mol. The van der Waals surface area contributed by atoms with Gasteiger partial charge in [-0.05, 0) is 72.8 Å². The Balaban J connectivity index is 1.44. The van der Waals surface area contributed by atoms with Gasteiger partial charge in [0.05, 0.1) is 5.52 Å². The Hall–Kier alpha value is -5.10. The minimum atomic E-state index is -0.196. The molecule has 0 unspecified atom stereocenters. The molecule has 6 nitrogen and oxygen atoms in total. The van der Waals surface area contributed by atoms with Crippen molar-refractivity contribution in [2.75, 3.05) is 0 Å². The van der Waals surface area contributed by atoms with Crippen LogP contribution in [0, 0.1) is 5.41 Å². The molecule has 8 aromatic rings. The van der Waals surface area contributed by atoms with Crippen LogP contribution in [0.2, 0.25) is 0 Å². The highest BCUT2D eigenvalue weighted by atomic mass is 16.3. The number of benzene rings is 4. The van der Waals surface area contributed by atoms with E-state index < -0.39 is 0 Å². The summed E-state index contributed by atoms with van der Waals surface area (Å²) < 4.78 is 9.85. The van der Waals surface area contributed by atoms with E-state index >= 15 is 0 Å². The van der Waals surface area contributed by atoms with Crippen LogP contribution < -0.4 is 43.7 Å². The molecule has 0 fully saturated rings.